The Morgan fingerprint density at radius 3 is 2.61 bits per heavy atom. The zero-order valence-corrected chi connectivity index (χ0v) is 12.6. The maximum Gasteiger partial charge on any atom is 0.142 e. The predicted molar refractivity (Wildman–Crippen MR) is 78.9 cm³/mol. The van der Waals surface area contributed by atoms with Gasteiger partial charge in [-0.1, -0.05) is 49.4 Å². The number of rotatable bonds is 8. The predicted octanol–water partition coefficient (Wildman–Crippen LogP) is 4.67. The highest BCUT2D eigenvalue weighted by atomic mass is 35.5. The molecule has 0 heterocycles. The number of unbranched alkanes of at least 4 members (excludes halogenated alkanes) is 3. The molecule has 102 valence electrons. The molecule has 4 heteroatoms. The highest BCUT2D eigenvalue weighted by Gasteiger charge is 2.09. The summed E-state index contributed by atoms with van der Waals surface area (Å²) in [5, 5.41) is 4.60. The lowest BCUT2D eigenvalue weighted by molar-refractivity contribution is 0.407. The number of hydrogen-bond donors (Lipinski definition) is 1. The summed E-state index contributed by atoms with van der Waals surface area (Å²) >= 11 is 12.1. The van der Waals surface area contributed by atoms with E-state index in [1.165, 1.54) is 25.7 Å². The second-order valence-electron chi connectivity index (χ2n) is 4.32. The SMILES string of the molecule is CCCCCCNCc1cc(Cl)cc(Cl)c1OC. The summed E-state index contributed by atoms with van der Waals surface area (Å²) in [6.45, 7) is 3.95. The molecular formula is C14H21Cl2NO. The van der Waals surface area contributed by atoms with Crippen LogP contribution in [0.2, 0.25) is 10.0 Å². The van der Waals surface area contributed by atoms with Crippen molar-refractivity contribution in [2.45, 2.75) is 39.2 Å². The topological polar surface area (TPSA) is 21.3 Å². The smallest absolute Gasteiger partial charge is 0.142 e. The fraction of sp³-hybridized carbons (Fsp3) is 0.571. The Morgan fingerprint density at radius 1 is 1.17 bits per heavy atom. The Balaban J connectivity index is 2.46. The summed E-state index contributed by atoms with van der Waals surface area (Å²) in [6.07, 6.45) is 5.03. The molecule has 0 aliphatic carbocycles. The minimum Gasteiger partial charge on any atom is -0.495 e. The third-order valence-electron chi connectivity index (χ3n) is 2.81. The van der Waals surface area contributed by atoms with Gasteiger partial charge in [0.2, 0.25) is 0 Å². The first kappa shape index (κ1) is 15.6. The van der Waals surface area contributed by atoms with Crippen LogP contribution in [-0.4, -0.2) is 13.7 Å². The zero-order valence-electron chi connectivity index (χ0n) is 11.1. The lowest BCUT2D eigenvalue weighted by Crippen LogP contribution is -2.15. The van der Waals surface area contributed by atoms with Crippen molar-refractivity contribution >= 4 is 23.2 Å². The molecule has 0 fully saturated rings. The fourth-order valence-electron chi connectivity index (χ4n) is 1.87. The van der Waals surface area contributed by atoms with Crippen LogP contribution in [0.5, 0.6) is 5.75 Å². The molecule has 1 rings (SSSR count). The summed E-state index contributed by atoms with van der Waals surface area (Å²) in [4.78, 5) is 0. The van der Waals surface area contributed by atoms with Crippen molar-refractivity contribution in [2.75, 3.05) is 13.7 Å². The van der Waals surface area contributed by atoms with Crippen LogP contribution in [0.4, 0.5) is 0 Å². The van der Waals surface area contributed by atoms with E-state index >= 15 is 0 Å². The minimum atomic E-state index is 0.563. The first-order valence-electron chi connectivity index (χ1n) is 6.41. The number of nitrogens with one attached hydrogen (secondary N) is 1. The van der Waals surface area contributed by atoms with E-state index in [0.717, 1.165) is 18.7 Å². The van der Waals surface area contributed by atoms with Crippen LogP contribution in [0.3, 0.4) is 0 Å². The largest absolute Gasteiger partial charge is 0.495 e. The third kappa shape index (κ3) is 5.05. The van der Waals surface area contributed by atoms with Gasteiger partial charge in [-0.05, 0) is 25.1 Å². The van der Waals surface area contributed by atoms with Crippen molar-refractivity contribution in [3.05, 3.63) is 27.7 Å². The van der Waals surface area contributed by atoms with E-state index in [2.05, 4.69) is 12.2 Å². The Bertz CT molecular complexity index is 369. The second kappa shape index (κ2) is 8.63. The van der Waals surface area contributed by atoms with Crippen LogP contribution >= 0.6 is 23.2 Å². The molecule has 1 N–H and O–H groups in total. The maximum atomic E-state index is 6.08. The first-order chi connectivity index (χ1) is 8.69. The Labute approximate surface area is 120 Å². The van der Waals surface area contributed by atoms with Crippen LogP contribution in [0.1, 0.15) is 38.2 Å². The summed E-state index contributed by atoms with van der Waals surface area (Å²) in [5.74, 6) is 0.710. The number of methoxy groups -OCH3 is 1. The Kier molecular flexibility index (Phi) is 7.48. The van der Waals surface area contributed by atoms with E-state index in [1.54, 1.807) is 13.2 Å². The van der Waals surface area contributed by atoms with Gasteiger partial charge in [-0.25, -0.2) is 0 Å². The lowest BCUT2D eigenvalue weighted by atomic mass is 10.2. The minimum absolute atomic E-state index is 0.563. The van der Waals surface area contributed by atoms with Gasteiger partial charge in [0, 0.05) is 17.1 Å². The van der Waals surface area contributed by atoms with Crippen LogP contribution in [0.15, 0.2) is 12.1 Å². The molecule has 0 saturated carbocycles. The van der Waals surface area contributed by atoms with Crippen LogP contribution < -0.4 is 10.1 Å². The van der Waals surface area contributed by atoms with Crippen LogP contribution in [0.25, 0.3) is 0 Å². The molecule has 1 aromatic carbocycles. The van der Waals surface area contributed by atoms with Gasteiger partial charge in [-0.3, -0.25) is 0 Å². The second-order valence-corrected chi connectivity index (χ2v) is 5.16. The van der Waals surface area contributed by atoms with Crippen LogP contribution in [-0.2, 0) is 6.54 Å². The molecule has 0 aliphatic heterocycles. The Morgan fingerprint density at radius 2 is 1.94 bits per heavy atom. The molecule has 0 amide bonds. The van der Waals surface area contributed by atoms with Crippen molar-refractivity contribution in [2.24, 2.45) is 0 Å². The van der Waals surface area contributed by atoms with E-state index in [-0.39, 0.29) is 0 Å². The van der Waals surface area contributed by atoms with Gasteiger partial charge in [-0.15, -0.1) is 0 Å². The maximum absolute atomic E-state index is 6.08. The number of hydrogen-bond acceptors (Lipinski definition) is 2. The van der Waals surface area contributed by atoms with Gasteiger partial charge >= 0.3 is 0 Å². The lowest BCUT2D eigenvalue weighted by Gasteiger charge is -2.12. The molecule has 0 atom stereocenters. The molecule has 2 nitrogen and oxygen atoms in total. The van der Waals surface area contributed by atoms with E-state index in [1.807, 2.05) is 6.07 Å². The van der Waals surface area contributed by atoms with Gasteiger partial charge in [0.05, 0.1) is 12.1 Å². The highest BCUT2D eigenvalue weighted by molar-refractivity contribution is 6.35. The average Bonchev–Trinajstić information content (AvgIpc) is 2.33. The standard InChI is InChI=1S/C14H21Cl2NO/c1-3-4-5-6-7-17-10-11-8-12(15)9-13(16)14(11)18-2/h8-9,17H,3-7,10H2,1-2H3. The molecule has 0 unspecified atom stereocenters. The number of halogens is 2. The van der Waals surface area contributed by atoms with Gasteiger partial charge in [0.25, 0.3) is 0 Å². The van der Waals surface area contributed by atoms with Crippen molar-refractivity contribution < 1.29 is 4.74 Å². The average molecular weight is 290 g/mol. The quantitative estimate of drug-likeness (QED) is 0.702. The van der Waals surface area contributed by atoms with E-state index < -0.39 is 0 Å². The van der Waals surface area contributed by atoms with Crippen molar-refractivity contribution in [3.8, 4) is 5.75 Å². The van der Waals surface area contributed by atoms with Gasteiger partial charge in [-0.2, -0.15) is 0 Å². The third-order valence-corrected chi connectivity index (χ3v) is 3.31. The molecule has 0 radical (unpaired) electrons. The van der Waals surface area contributed by atoms with Gasteiger partial charge < -0.3 is 10.1 Å². The van der Waals surface area contributed by atoms with E-state index in [0.29, 0.717) is 15.8 Å². The van der Waals surface area contributed by atoms with Crippen molar-refractivity contribution in [1.29, 1.82) is 0 Å². The van der Waals surface area contributed by atoms with Gasteiger partial charge in [0.15, 0.2) is 0 Å². The van der Waals surface area contributed by atoms with E-state index in [4.69, 9.17) is 27.9 Å². The van der Waals surface area contributed by atoms with Crippen LogP contribution in [0, 0.1) is 0 Å². The summed E-state index contributed by atoms with van der Waals surface area (Å²) < 4.78 is 5.30. The summed E-state index contributed by atoms with van der Waals surface area (Å²) in [7, 11) is 1.62. The summed E-state index contributed by atoms with van der Waals surface area (Å²) in [6, 6.07) is 3.60. The number of ether oxygens (including phenoxy) is 1. The first-order valence-corrected chi connectivity index (χ1v) is 7.17. The Hall–Kier alpha value is -0.440. The molecule has 0 aromatic heterocycles. The molecule has 0 saturated heterocycles. The molecule has 18 heavy (non-hydrogen) atoms. The molecular weight excluding hydrogens is 269 g/mol. The molecule has 0 bridgehead atoms. The molecule has 0 spiro atoms. The molecule has 1 aromatic rings. The monoisotopic (exact) mass is 289 g/mol. The molecule has 0 aliphatic rings. The number of benzene rings is 1. The van der Waals surface area contributed by atoms with Gasteiger partial charge in [0.1, 0.15) is 5.75 Å². The zero-order chi connectivity index (χ0) is 13.4. The summed E-state index contributed by atoms with van der Waals surface area (Å²) in [5.41, 5.74) is 1.01. The van der Waals surface area contributed by atoms with Crippen molar-refractivity contribution in [1.82, 2.24) is 5.32 Å². The fourth-order valence-corrected chi connectivity index (χ4v) is 2.49. The van der Waals surface area contributed by atoms with E-state index in [9.17, 15) is 0 Å². The highest BCUT2D eigenvalue weighted by Crippen LogP contribution is 2.31. The normalized spacial score (nSPS) is 10.7. The van der Waals surface area contributed by atoms with Crippen molar-refractivity contribution in [3.63, 3.8) is 0 Å².